The number of ether oxygens (including phenoxy) is 1. The highest BCUT2D eigenvalue weighted by atomic mass is 19.1. The summed E-state index contributed by atoms with van der Waals surface area (Å²) < 4.78 is 18.0. The Kier molecular flexibility index (Phi) is 4.28. The molecule has 1 rings (SSSR count). The number of hydrogen-bond donors (Lipinski definition) is 1. The summed E-state index contributed by atoms with van der Waals surface area (Å²) in [6.45, 7) is 4.77. The van der Waals surface area contributed by atoms with Crippen molar-refractivity contribution in [3.63, 3.8) is 0 Å². The van der Waals surface area contributed by atoms with Gasteiger partial charge in [-0.15, -0.1) is 0 Å². The van der Waals surface area contributed by atoms with Crippen LogP contribution < -0.4 is 10.5 Å². The standard InChI is InChI=1S/C12H17FN2O/c1-8(2)7-15-12(14)9-4-5-10(13)11(6-9)16-3/h4-6,8H,7H2,1-3H3,(H2,14,15). The molecule has 0 fully saturated rings. The zero-order valence-electron chi connectivity index (χ0n) is 9.83. The Morgan fingerprint density at radius 3 is 2.75 bits per heavy atom. The number of nitrogens with zero attached hydrogens (tertiary/aromatic N) is 1. The van der Waals surface area contributed by atoms with Gasteiger partial charge in [-0.1, -0.05) is 13.8 Å². The van der Waals surface area contributed by atoms with Gasteiger partial charge in [-0.2, -0.15) is 0 Å². The van der Waals surface area contributed by atoms with Gasteiger partial charge in [0.25, 0.3) is 0 Å². The van der Waals surface area contributed by atoms with Crippen LogP contribution in [0.1, 0.15) is 19.4 Å². The maximum Gasteiger partial charge on any atom is 0.165 e. The SMILES string of the molecule is COc1cc(C(N)=NCC(C)C)ccc1F. The summed E-state index contributed by atoms with van der Waals surface area (Å²) in [7, 11) is 1.42. The monoisotopic (exact) mass is 224 g/mol. The van der Waals surface area contributed by atoms with Crippen LogP contribution in [-0.4, -0.2) is 19.5 Å². The molecule has 0 aromatic heterocycles. The summed E-state index contributed by atoms with van der Waals surface area (Å²) in [5.74, 6) is 0.635. The first-order chi connectivity index (χ1) is 7.54. The van der Waals surface area contributed by atoms with Crippen molar-refractivity contribution in [2.24, 2.45) is 16.6 Å². The smallest absolute Gasteiger partial charge is 0.165 e. The van der Waals surface area contributed by atoms with Crippen molar-refractivity contribution in [3.8, 4) is 5.75 Å². The largest absolute Gasteiger partial charge is 0.494 e. The van der Waals surface area contributed by atoms with Crippen LogP contribution in [0.5, 0.6) is 5.75 Å². The van der Waals surface area contributed by atoms with Gasteiger partial charge in [0.2, 0.25) is 0 Å². The second-order valence-electron chi connectivity index (χ2n) is 3.97. The lowest BCUT2D eigenvalue weighted by Crippen LogP contribution is -2.15. The molecule has 0 aliphatic rings. The lowest BCUT2D eigenvalue weighted by atomic mass is 10.2. The fraction of sp³-hybridized carbons (Fsp3) is 0.417. The predicted molar refractivity (Wildman–Crippen MR) is 63.4 cm³/mol. The van der Waals surface area contributed by atoms with E-state index in [0.717, 1.165) is 0 Å². The lowest BCUT2D eigenvalue weighted by Gasteiger charge is -2.06. The molecule has 0 amide bonds. The Morgan fingerprint density at radius 2 is 2.19 bits per heavy atom. The van der Waals surface area contributed by atoms with E-state index in [4.69, 9.17) is 10.5 Å². The van der Waals surface area contributed by atoms with Gasteiger partial charge in [0, 0.05) is 12.1 Å². The van der Waals surface area contributed by atoms with Gasteiger partial charge in [-0.25, -0.2) is 4.39 Å². The molecule has 0 bridgehead atoms. The van der Waals surface area contributed by atoms with Crippen molar-refractivity contribution in [2.45, 2.75) is 13.8 Å². The maximum atomic E-state index is 13.1. The molecule has 0 atom stereocenters. The maximum absolute atomic E-state index is 13.1. The summed E-state index contributed by atoms with van der Waals surface area (Å²) in [6, 6.07) is 4.47. The Bertz CT molecular complexity index is 389. The summed E-state index contributed by atoms with van der Waals surface area (Å²) in [5.41, 5.74) is 6.47. The molecule has 4 heteroatoms. The minimum atomic E-state index is -0.400. The van der Waals surface area contributed by atoms with Gasteiger partial charge in [0.05, 0.1) is 7.11 Å². The van der Waals surface area contributed by atoms with Crippen molar-refractivity contribution >= 4 is 5.84 Å². The van der Waals surface area contributed by atoms with E-state index in [-0.39, 0.29) is 5.75 Å². The van der Waals surface area contributed by atoms with E-state index in [9.17, 15) is 4.39 Å². The van der Waals surface area contributed by atoms with Crippen LogP contribution in [0.3, 0.4) is 0 Å². The van der Waals surface area contributed by atoms with Crippen LogP contribution in [0.25, 0.3) is 0 Å². The van der Waals surface area contributed by atoms with Crippen LogP contribution in [0.2, 0.25) is 0 Å². The Morgan fingerprint density at radius 1 is 1.50 bits per heavy atom. The molecule has 16 heavy (non-hydrogen) atoms. The molecule has 1 aromatic carbocycles. The number of halogens is 1. The van der Waals surface area contributed by atoms with E-state index >= 15 is 0 Å². The normalized spacial score (nSPS) is 11.9. The molecule has 2 N–H and O–H groups in total. The number of nitrogens with two attached hydrogens (primary N) is 1. The third-order valence-electron chi connectivity index (χ3n) is 2.07. The number of rotatable bonds is 4. The highest BCUT2D eigenvalue weighted by Crippen LogP contribution is 2.18. The molecule has 0 heterocycles. The molecule has 0 saturated carbocycles. The number of benzene rings is 1. The van der Waals surface area contributed by atoms with Crippen LogP contribution in [0, 0.1) is 11.7 Å². The van der Waals surface area contributed by atoms with Crippen LogP contribution in [-0.2, 0) is 0 Å². The van der Waals surface area contributed by atoms with Crippen LogP contribution in [0.15, 0.2) is 23.2 Å². The van der Waals surface area contributed by atoms with E-state index in [1.807, 2.05) is 0 Å². The van der Waals surface area contributed by atoms with E-state index < -0.39 is 5.82 Å². The summed E-state index contributed by atoms with van der Waals surface area (Å²) in [6.07, 6.45) is 0. The van der Waals surface area contributed by atoms with Gasteiger partial charge in [0.1, 0.15) is 5.84 Å². The van der Waals surface area contributed by atoms with Gasteiger partial charge < -0.3 is 10.5 Å². The van der Waals surface area contributed by atoms with Crippen LogP contribution in [0.4, 0.5) is 4.39 Å². The molecule has 0 aliphatic heterocycles. The molecule has 3 nitrogen and oxygen atoms in total. The van der Waals surface area contributed by atoms with E-state index in [1.165, 1.54) is 13.2 Å². The van der Waals surface area contributed by atoms with Gasteiger partial charge in [-0.05, 0) is 24.1 Å². The molecule has 0 spiro atoms. The number of aliphatic imine (C=N–C) groups is 1. The zero-order chi connectivity index (χ0) is 12.1. The highest BCUT2D eigenvalue weighted by Gasteiger charge is 2.06. The second kappa shape index (κ2) is 5.49. The molecule has 0 aliphatic carbocycles. The zero-order valence-corrected chi connectivity index (χ0v) is 9.83. The minimum Gasteiger partial charge on any atom is -0.494 e. The first kappa shape index (κ1) is 12.5. The molecule has 0 unspecified atom stereocenters. The van der Waals surface area contributed by atoms with Crippen molar-refractivity contribution < 1.29 is 9.13 Å². The Balaban J connectivity index is 2.91. The molecule has 1 aromatic rings. The van der Waals surface area contributed by atoms with Crippen LogP contribution >= 0.6 is 0 Å². The third kappa shape index (κ3) is 3.22. The second-order valence-corrected chi connectivity index (χ2v) is 3.97. The molecule has 88 valence electrons. The van der Waals surface area contributed by atoms with Crippen molar-refractivity contribution in [3.05, 3.63) is 29.6 Å². The first-order valence-corrected chi connectivity index (χ1v) is 5.18. The summed E-state index contributed by atoms with van der Waals surface area (Å²) in [4.78, 5) is 4.22. The molecule has 0 radical (unpaired) electrons. The minimum absolute atomic E-state index is 0.181. The van der Waals surface area contributed by atoms with Gasteiger partial charge in [0.15, 0.2) is 11.6 Å². The van der Waals surface area contributed by atoms with Gasteiger partial charge in [-0.3, -0.25) is 4.99 Å². The topological polar surface area (TPSA) is 47.6 Å². The highest BCUT2D eigenvalue weighted by molar-refractivity contribution is 5.97. The third-order valence-corrected chi connectivity index (χ3v) is 2.07. The van der Waals surface area contributed by atoms with E-state index in [0.29, 0.717) is 23.9 Å². The molecular weight excluding hydrogens is 207 g/mol. The fourth-order valence-corrected chi connectivity index (χ4v) is 1.19. The predicted octanol–water partition coefficient (Wildman–Crippen LogP) is 2.20. The van der Waals surface area contributed by atoms with Crippen molar-refractivity contribution in [1.82, 2.24) is 0 Å². The number of methoxy groups -OCH3 is 1. The Hall–Kier alpha value is -1.58. The van der Waals surface area contributed by atoms with E-state index in [1.54, 1.807) is 12.1 Å². The van der Waals surface area contributed by atoms with E-state index in [2.05, 4.69) is 18.8 Å². The lowest BCUT2D eigenvalue weighted by molar-refractivity contribution is 0.386. The summed E-state index contributed by atoms with van der Waals surface area (Å²) >= 11 is 0. The summed E-state index contributed by atoms with van der Waals surface area (Å²) in [5, 5.41) is 0. The van der Waals surface area contributed by atoms with Crippen molar-refractivity contribution in [2.75, 3.05) is 13.7 Å². The molecular formula is C12H17FN2O. The quantitative estimate of drug-likeness (QED) is 0.629. The average Bonchev–Trinajstić information content (AvgIpc) is 2.26. The number of hydrogen-bond acceptors (Lipinski definition) is 2. The fourth-order valence-electron chi connectivity index (χ4n) is 1.19. The first-order valence-electron chi connectivity index (χ1n) is 5.18. The van der Waals surface area contributed by atoms with Crippen molar-refractivity contribution in [1.29, 1.82) is 0 Å². The molecule has 0 saturated heterocycles. The van der Waals surface area contributed by atoms with Gasteiger partial charge >= 0.3 is 0 Å². The Labute approximate surface area is 95.1 Å². The number of amidine groups is 1. The average molecular weight is 224 g/mol.